The molecule has 1 aromatic rings. The van der Waals surface area contributed by atoms with Crippen molar-refractivity contribution in [1.82, 2.24) is 15.5 Å². The van der Waals surface area contributed by atoms with Gasteiger partial charge in [0, 0.05) is 5.92 Å². The van der Waals surface area contributed by atoms with Gasteiger partial charge in [-0.05, 0) is 31.7 Å². The third-order valence-electron chi connectivity index (χ3n) is 3.79. The van der Waals surface area contributed by atoms with Gasteiger partial charge in [0.2, 0.25) is 11.8 Å². The first kappa shape index (κ1) is 12.6. The Labute approximate surface area is 103 Å². The van der Waals surface area contributed by atoms with Gasteiger partial charge in [0.25, 0.3) is 0 Å². The summed E-state index contributed by atoms with van der Waals surface area (Å²) in [6.07, 6.45) is 4.75. The Bertz CT molecular complexity index is 350. The summed E-state index contributed by atoms with van der Waals surface area (Å²) in [4.78, 5) is 0. The van der Waals surface area contributed by atoms with Crippen LogP contribution in [0.4, 0.5) is 0 Å². The maximum atomic E-state index is 5.86. The van der Waals surface area contributed by atoms with Crippen molar-refractivity contribution in [3.63, 3.8) is 0 Å². The zero-order valence-electron chi connectivity index (χ0n) is 11.1. The number of nitrogens with one attached hydrogen (secondary N) is 1. The van der Waals surface area contributed by atoms with Crippen LogP contribution in [-0.4, -0.2) is 16.7 Å². The van der Waals surface area contributed by atoms with Gasteiger partial charge in [-0.15, -0.1) is 10.2 Å². The van der Waals surface area contributed by atoms with Crippen LogP contribution in [0, 0.1) is 5.92 Å². The molecule has 3 unspecified atom stereocenters. The molecular formula is C13H23N3O. The fraction of sp³-hybridized carbons (Fsp3) is 0.846. The van der Waals surface area contributed by atoms with E-state index in [0.29, 0.717) is 11.8 Å². The summed E-state index contributed by atoms with van der Waals surface area (Å²) in [5.41, 5.74) is 0. The smallest absolute Gasteiger partial charge is 0.233 e. The fourth-order valence-electron chi connectivity index (χ4n) is 2.70. The van der Waals surface area contributed by atoms with E-state index in [0.717, 1.165) is 24.7 Å². The molecule has 1 fully saturated rings. The highest BCUT2D eigenvalue weighted by Gasteiger charge is 2.30. The van der Waals surface area contributed by atoms with Gasteiger partial charge in [-0.2, -0.15) is 0 Å². The normalized spacial score (nSPS) is 26.3. The lowest BCUT2D eigenvalue weighted by Gasteiger charge is -2.12. The second kappa shape index (κ2) is 5.63. The lowest BCUT2D eigenvalue weighted by Crippen LogP contribution is -2.20. The molecule has 96 valence electrons. The first-order valence-electron chi connectivity index (χ1n) is 6.82. The molecule has 1 N–H and O–H groups in total. The van der Waals surface area contributed by atoms with E-state index in [1.54, 1.807) is 0 Å². The maximum absolute atomic E-state index is 5.86. The number of hydrogen-bond acceptors (Lipinski definition) is 4. The molecule has 1 saturated carbocycles. The Morgan fingerprint density at radius 2 is 2.18 bits per heavy atom. The molecule has 0 amide bonds. The summed E-state index contributed by atoms with van der Waals surface area (Å²) in [5, 5.41) is 11.8. The predicted octanol–water partition coefficient (Wildman–Crippen LogP) is 3.03. The van der Waals surface area contributed by atoms with E-state index < -0.39 is 0 Å². The van der Waals surface area contributed by atoms with Crippen LogP contribution in [0.5, 0.6) is 0 Å². The molecule has 0 spiro atoms. The van der Waals surface area contributed by atoms with Gasteiger partial charge in [0.15, 0.2) is 0 Å². The molecule has 1 aliphatic carbocycles. The van der Waals surface area contributed by atoms with E-state index in [1.807, 2.05) is 0 Å². The van der Waals surface area contributed by atoms with Crippen molar-refractivity contribution in [3.8, 4) is 0 Å². The number of rotatable bonds is 5. The quantitative estimate of drug-likeness (QED) is 0.855. The van der Waals surface area contributed by atoms with Crippen LogP contribution in [0.1, 0.15) is 70.2 Å². The van der Waals surface area contributed by atoms with Gasteiger partial charge >= 0.3 is 0 Å². The standard InChI is InChI=1S/C13H23N3O/c1-4-11(14-5-2)13-16-15-12(17-13)10-8-6-7-9(10)3/h9-11,14H,4-8H2,1-3H3. The number of aromatic nitrogens is 2. The molecular weight excluding hydrogens is 214 g/mol. The second-order valence-corrected chi connectivity index (χ2v) is 5.01. The molecule has 3 atom stereocenters. The highest BCUT2D eigenvalue weighted by Crippen LogP contribution is 2.38. The van der Waals surface area contributed by atoms with Crippen LogP contribution in [0.2, 0.25) is 0 Å². The third-order valence-corrected chi connectivity index (χ3v) is 3.79. The SMILES string of the molecule is CCNC(CC)c1nnc(C2CCCC2C)o1. The minimum Gasteiger partial charge on any atom is -0.423 e. The highest BCUT2D eigenvalue weighted by molar-refractivity contribution is 4.99. The molecule has 4 heteroatoms. The Kier molecular flexibility index (Phi) is 4.15. The largest absolute Gasteiger partial charge is 0.423 e. The first-order chi connectivity index (χ1) is 8.26. The van der Waals surface area contributed by atoms with E-state index in [9.17, 15) is 0 Å². The molecule has 1 aromatic heterocycles. The van der Waals surface area contributed by atoms with E-state index in [4.69, 9.17) is 4.42 Å². The highest BCUT2D eigenvalue weighted by atomic mass is 16.4. The monoisotopic (exact) mass is 237 g/mol. The molecule has 1 heterocycles. The summed E-state index contributed by atoms with van der Waals surface area (Å²) >= 11 is 0. The molecule has 17 heavy (non-hydrogen) atoms. The van der Waals surface area contributed by atoms with Gasteiger partial charge < -0.3 is 9.73 Å². The first-order valence-corrected chi connectivity index (χ1v) is 6.82. The zero-order chi connectivity index (χ0) is 12.3. The van der Waals surface area contributed by atoms with Crippen molar-refractivity contribution in [1.29, 1.82) is 0 Å². The summed E-state index contributed by atoms with van der Waals surface area (Å²) in [7, 11) is 0. The lowest BCUT2D eigenvalue weighted by molar-refractivity contribution is 0.344. The zero-order valence-corrected chi connectivity index (χ0v) is 11.1. The third kappa shape index (κ3) is 2.68. The van der Waals surface area contributed by atoms with E-state index in [1.165, 1.54) is 19.3 Å². The van der Waals surface area contributed by atoms with Crippen LogP contribution >= 0.6 is 0 Å². The van der Waals surface area contributed by atoms with E-state index in [-0.39, 0.29) is 6.04 Å². The maximum Gasteiger partial charge on any atom is 0.233 e. The van der Waals surface area contributed by atoms with Crippen molar-refractivity contribution in [2.45, 2.75) is 58.4 Å². The van der Waals surface area contributed by atoms with Gasteiger partial charge in [0.1, 0.15) is 0 Å². The molecule has 0 aliphatic heterocycles. The molecule has 0 aromatic carbocycles. The van der Waals surface area contributed by atoms with Crippen LogP contribution < -0.4 is 5.32 Å². The predicted molar refractivity (Wildman–Crippen MR) is 66.8 cm³/mol. The molecule has 4 nitrogen and oxygen atoms in total. The van der Waals surface area contributed by atoms with Crippen molar-refractivity contribution in [3.05, 3.63) is 11.8 Å². The fourth-order valence-corrected chi connectivity index (χ4v) is 2.70. The van der Waals surface area contributed by atoms with Crippen molar-refractivity contribution >= 4 is 0 Å². The summed E-state index contributed by atoms with van der Waals surface area (Å²) < 4.78 is 5.86. The van der Waals surface area contributed by atoms with Gasteiger partial charge in [-0.25, -0.2) is 0 Å². The lowest BCUT2D eigenvalue weighted by atomic mass is 9.98. The Morgan fingerprint density at radius 1 is 1.35 bits per heavy atom. The average molecular weight is 237 g/mol. The van der Waals surface area contributed by atoms with Gasteiger partial charge in [0.05, 0.1) is 6.04 Å². The van der Waals surface area contributed by atoms with Crippen LogP contribution in [0.3, 0.4) is 0 Å². The van der Waals surface area contributed by atoms with Crippen LogP contribution in [0.15, 0.2) is 4.42 Å². The summed E-state index contributed by atoms with van der Waals surface area (Å²) in [6.45, 7) is 7.44. The van der Waals surface area contributed by atoms with Crippen molar-refractivity contribution in [2.75, 3.05) is 6.54 Å². The topological polar surface area (TPSA) is 51.0 Å². The van der Waals surface area contributed by atoms with Crippen LogP contribution in [-0.2, 0) is 0 Å². The van der Waals surface area contributed by atoms with E-state index in [2.05, 4.69) is 36.3 Å². The minimum absolute atomic E-state index is 0.206. The Balaban J connectivity index is 2.09. The van der Waals surface area contributed by atoms with E-state index >= 15 is 0 Å². The van der Waals surface area contributed by atoms with Crippen LogP contribution in [0.25, 0.3) is 0 Å². The average Bonchev–Trinajstić information content (AvgIpc) is 2.94. The van der Waals surface area contributed by atoms with Crippen molar-refractivity contribution < 1.29 is 4.42 Å². The second-order valence-electron chi connectivity index (χ2n) is 5.01. The molecule has 0 radical (unpaired) electrons. The Morgan fingerprint density at radius 3 is 2.76 bits per heavy atom. The van der Waals surface area contributed by atoms with Gasteiger partial charge in [-0.1, -0.05) is 27.2 Å². The van der Waals surface area contributed by atoms with Crippen molar-refractivity contribution in [2.24, 2.45) is 5.92 Å². The number of hydrogen-bond donors (Lipinski definition) is 1. The molecule has 1 aliphatic rings. The molecule has 0 bridgehead atoms. The molecule has 0 saturated heterocycles. The summed E-state index contributed by atoms with van der Waals surface area (Å²) in [5.74, 6) is 2.77. The minimum atomic E-state index is 0.206. The number of nitrogens with zero attached hydrogens (tertiary/aromatic N) is 2. The summed E-state index contributed by atoms with van der Waals surface area (Å²) in [6, 6.07) is 0.206. The van der Waals surface area contributed by atoms with Gasteiger partial charge in [-0.3, -0.25) is 0 Å². The molecule has 2 rings (SSSR count). The Hall–Kier alpha value is -0.900.